The van der Waals surface area contributed by atoms with Crippen LogP contribution in [0, 0.1) is 11.6 Å². The van der Waals surface area contributed by atoms with Gasteiger partial charge in [0, 0.05) is 38.8 Å². The van der Waals surface area contributed by atoms with Crippen molar-refractivity contribution >= 4 is 29.9 Å². The molecule has 2 rings (SSSR count). The third-order valence-corrected chi connectivity index (χ3v) is 3.97. The number of unbranched alkanes of at least 4 members (excludes halogenated alkanes) is 1. The van der Waals surface area contributed by atoms with E-state index in [4.69, 9.17) is 4.74 Å². The van der Waals surface area contributed by atoms with Gasteiger partial charge in [0.15, 0.2) is 5.96 Å². The highest BCUT2D eigenvalue weighted by Crippen LogP contribution is 2.09. The number of nitrogens with zero attached hydrogens (tertiary/aromatic N) is 2. The van der Waals surface area contributed by atoms with E-state index in [1.165, 1.54) is 6.07 Å². The van der Waals surface area contributed by atoms with Gasteiger partial charge in [0.05, 0.1) is 13.2 Å². The van der Waals surface area contributed by atoms with E-state index >= 15 is 0 Å². The maximum absolute atomic E-state index is 13.6. The molecule has 1 aromatic rings. The fourth-order valence-corrected chi connectivity index (χ4v) is 2.57. The number of nitrogens with one attached hydrogen (secondary N) is 2. The first-order chi connectivity index (χ1) is 11.7. The molecule has 0 atom stereocenters. The fraction of sp³-hybridized carbons (Fsp3) is 0.588. The SMILES string of the molecule is CN=C(NCCCCN1CCOCC1)NCc1cc(F)ccc1F.I. The summed E-state index contributed by atoms with van der Waals surface area (Å²) in [7, 11) is 1.66. The van der Waals surface area contributed by atoms with Gasteiger partial charge in [-0.2, -0.15) is 0 Å². The smallest absolute Gasteiger partial charge is 0.191 e. The van der Waals surface area contributed by atoms with Gasteiger partial charge >= 0.3 is 0 Å². The van der Waals surface area contributed by atoms with Crippen molar-refractivity contribution in [2.24, 2.45) is 4.99 Å². The maximum Gasteiger partial charge on any atom is 0.191 e. The van der Waals surface area contributed by atoms with Crippen molar-refractivity contribution in [1.29, 1.82) is 0 Å². The molecule has 0 aliphatic carbocycles. The molecule has 5 nitrogen and oxygen atoms in total. The molecule has 1 fully saturated rings. The lowest BCUT2D eigenvalue weighted by molar-refractivity contribution is 0.0372. The summed E-state index contributed by atoms with van der Waals surface area (Å²) < 4.78 is 32.0. The Hall–Kier alpha value is -1.00. The van der Waals surface area contributed by atoms with E-state index in [0.29, 0.717) is 5.96 Å². The van der Waals surface area contributed by atoms with E-state index in [1.807, 2.05) is 0 Å². The molecule has 0 bridgehead atoms. The summed E-state index contributed by atoms with van der Waals surface area (Å²) in [6.45, 7) is 5.72. The summed E-state index contributed by atoms with van der Waals surface area (Å²) in [6.07, 6.45) is 2.12. The van der Waals surface area contributed by atoms with Gasteiger partial charge in [-0.3, -0.25) is 9.89 Å². The lowest BCUT2D eigenvalue weighted by Crippen LogP contribution is -2.38. The summed E-state index contributed by atoms with van der Waals surface area (Å²) in [4.78, 5) is 6.50. The zero-order valence-electron chi connectivity index (χ0n) is 14.6. The van der Waals surface area contributed by atoms with E-state index < -0.39 is 11.6 Å². The van der Waals surface area contributed by atoms with Gasteiger partial charge in [-0.15, -0.1) is 24.0 Å². The van der Waals surface area contributed by atoms with Crippen LogP contribution >= 0.6 is 24.0 Å². The zero-order valence-corrected chi connectivity index (χ0v) is 16.9. The number of guanidine groups is 1. The first kappa shape index (κ1) is 22.0. The molecule has 1 aromatic carbocycles. The average Bonchev–Trinajstić information content (AvgIpc) is 2.61. The topological polar surface area (TPSA) is 48.9 Å². The van der Waals surface area contributed by atoms with Crippen LogP contribution in [0.4, 0.5) is 8.78 Å². The normalized spacial score (nSPS) is 15.6. The predicted molar refractivity (Wildman–Crippen MR) is 106 cm³/mol. The summed E-state index contributed by atoms with van der Waals surface area (Å²) >= 11 is 0. The van der Waals surface area contributed by atoms with Crippen molar-refractivity contribution in [2.75, 3.05) is 46.4 Å². The molecule has 1 saturated heterocycles. The number of rotatable bonds is 7. The summed E-state index contributed by atoms with van der Waals surface area (Å²) in [5.41, 5.74) is 0.283. The number of hydrogen-bond donors (Lipinski definition) is 2. The highest BCUT2D eigenvalue weighted by Gasteiger charge is 2.09. The van der Waals surface area contributed by atoms with Gasteiger partial charge in [0.2, 0.25) is 0 Å². The number of hydrogen-bond acceptors (Lipinski definition) is 3. The van der Waals surface area contributed by atoms with Gasteiger partial charge in [-0.05, 0) is 37.6 Å². The minimum atomic E-state index is -0.445. The second-order valence-electron chi connectivity index (χ2n) is 5.75. The minimum absolute atomic E-state index is 0. The Kier molecular flexibility index (Phi) is 10.9. The number of benzene rings is 1. The minimum Gasteiger partial charge on any atom is -0.379 e. The van der Waals surface area contributed by atoms with E-state index in [-0.39, 0.29) is 36.1 Å². The van der Waals surface area contributed by atoms with Crippen LogP contribution in [0.1, 0.15) is 18.4 Å². The maximum atomic E-state index is 13.6. The Labute approximate surface area is 165 Å². The van der Waals surface area contributed by atoms with Crippen LogP contribution in [0.3, 0.4) is 0 Å². The van der Waals surface area contributed by atoms with Crippen molar-refractivity contribution in [2.45, 2.75) is 19.4 Å². The molecule has 0 amide bonds. The lowest BCUT2D eigenvalue weighted by atomic mass is 10.2. The number of ether oxygens (including phenoxy) is 1. The molecule has 1 aliphatic heterocycles. The van der Waals surface area contributed by atoms with Crippen LogP contribution < -0.4 is 10.6 Å². The second-order valence-corrected chi connectivity index (χ2v) is 5.75. The molecule has 2 N–H and O–H groups in total. The molecule has 0 spiro atoms. The predicted octanol–water partition coefficient (Wildman–Crippen LogP) is 2.36. The van der Waals surface area contributed by atoms with Crippen LogP contribution in [0.5, 0.6) is 0 Å². The number of aliphatic imine (C=N–C) groups is 1. The van der Waals surface area contributed by atoms with Gasteiger partial charge in [-0.1, -0.05) is 0 Å². The van der Waals surface area contributed by atoms with Crippen LogP contribution in [0.2, 0.25) is 0 Å². The first-order valence-corrected chi connectivity index (χ1v) is 8.37. The standard InChI is InChI=1S/C17H26F2N4O.HI/c1-20-17(22-13-14-12-15(18)4-5-16(14)19)21-6-2-3-7-23-8-10-24-11-9-23;/h4-5,12H,2-3,6-11,13H2,1H3,(H2,20,21,22);1H. The Morgan fingerprint density at radius 2 is 1.96 bits per heavy atom. The third kappa shape index (κ3) is 8.28. The van der Waals surface area contributed by atoms with Crippen LogP contribution in [0.15, 0.2) is 23.2 Å². The molecule has 8 heteroatoms. The quantitative estimate of drug-likeness (QED) is 0.279. The molecule has 0 radical (unpaired) electrons. The van der Waals surface area contributed by atoms with Gasteiger partial charge in [0.1, 0.15) is 11.6 Å². The second kappa shape index (κ2) is 12.4. The van der Waals surface area contributed by atoms with Crippen molar-refractivity contribution in [3.8, 4) is 0 Å². The van der Waals surface area contributed by atoms with E-state index in [0.717, 1.165) is 64.4 Å². The zero-order chi connectivity index (χ0) is 17.2. The highest BCUT2D eigenvalue weighted by molar-refractivity contribution is 14.0. The van der Waals surface area contributed by atoms with Gasteiger partial charge < -0.3 is 15.4 Å². The lowest BCUT2D eigenvalue weighted by Gasteiger charge is -2.26. The Balaban J connectivity index is 0.00000312. The van der Waals surface area contributed by atoms with Crippen molar-refractivity contribution in [3.05, 3.63) is 35.4 Å². The van der Waals surface area contributed by atoms with Crippen molar-refractivity contribution in [3.63, 3.8) is 0 Å². The van der Waals surface area contributed by atoms with E-state index in [9.17, 15) is 8.78 Å². The monoisotopic (exact) mass is 468 g/mol. The van der Waals surface area contributed by atoms with Crippen molar-refractivity contribution in [1.82, 2.24) is 15.5 Å². The van der Waals surface area contributed by atoms with Crippen LogP contribution in [0.25, 0.3) is 0 Å². The summed E-state index contributed by atoms with van der Waals surface area (Å²) in [6, 6.07) is 3.44. The average molecular weight is 468 g/mol. The van der Waals surface area contributed by atoms with Crippen molar-refractivity contribution < 1.29 is 13.5 Å². The molecule has 0 aromatic heterocycles. The molecular formula is C17H27F2IN4O. The highest BCUT2D eigenvalue weighted by atomic mass is 127. The Morgan fingerprint density at radius 3 is 2.68 bits per heavy atom. The Morgan fingerprint density at radius 1 is 1.20 bits per heavy atom. The van der Waals surface area contributed by atoms with Gasteiger partial charge in [-0.25, -0.2) is 8.78 Å². The van der Waals surface area contributed by atoms with Gasteiger partial charge in [0.25, 0.3) is 0 Å². The summed E-state index contributed by atoms with van der Waals surface area (Å²) in [5, 5.41) is 6.19. The molecule has 0 saturated carbocycles. The summed E-state index contributed by atoms with van der Waals surface area (Å²) in [5.74, 6) is -0.283. The van der Waals surface area contributed by atoms with Crippen LogP contribution in [-0.4, -0.2) is 57.3 Å². The fourth-order valence-electron chi connectivity index (χ4n) is 2.57. The van der Waals surface area contributed by atoms with Crippen LogP contribution in [-0.2, 0) is 11.3 Å². The molecule has 142 valence electrons. The first-order valence-electron chi connectivity index (χ1n) is 8.37. The number of halogens is 3. The largest absolute Gasteiger partial charge is 0.379 e. The molecule has 1 heterocycles. The molecule has 1 aliphatic rings. The molecular weight excluding hydrogens is 441 g/mol. The third-order valence-electron chi connectivity index (χ3n) is 3.97. The Bertz CT molecular complexity index is 539. The van der Waals surface area contributed by atoms with E-state index in [1.54, 1.807) is 7.05 Å². The number of morpholine rings is 1. The molecule has 0 unspecified atom stereocenters. The molecule has 25 heavy (non-hydrogen) atoms. The van der Waals surface area contributed by atoms with E-state index in [2.05, 4.69) is 20.5 Å².